The molecular formula is C16H36ClN. The molecule has 0 saturated heterocycles. The van der Waals surface area contributed by atoms with E-state index in [1.807, 2.05) is 0 Å². The lowest BCUT2D eigenvalue weighted by atomic mass is 10.0. The molecule has 0 fully saturated rings. The van der Waals surface area contributed by atoms with Gasteiger partial charge in [-0.3, -0.25) is 0 Å². The molecule has 0 aromatic rings. The predicted octanol–water partition coefficient (Wildman–Crippen LogP) is 1.43. The molecule has 0 unspecified atom stereocenters. The van der Waals surface area contributed by atoms with E-state index in [0.29, 0.717) is 0 Å². The molecule has 0 bridgehead atoms. The van der Waals surface area contributed by atoms with Crippen molar-refractivity contribution >= 4 is 0 Å². The lowest BCUT2D eigenvalue weighted by molar-refractivity contribution is -0.938. The van der Waals surface area contributed by atoms with E-state index in [1.54, 1.807) is 0 Å². The number of halogens is 1. The van der Waals surface area contributed by atoms with Gasteiger partial charge >= 0.3 is 0 Å². The molecule has 2 heteroatoms. The Hall–Kier alpha value is 0.250. The molecule has 0 heterocycles. The van der Waals surface area contributed by atoms with Gasteiger partial charge in [-0.15, -0.1) is 0 Å². The van der Waals surface area contributed by atoms with Crippen molar-refractivity contribution in [1.82, 2.24) is 0 Å². The van der Waals surface area contributed by atoms with E-state index in [4.69, 9.17) is 0 Å². The second-order valence-electron chi connectivity index (χ2n) is 7.65. The molecular weight excluding hydrogens is 242 g/mol. The SMILES string of the molecule is CC(C)C[N+](CC(C)C)(CC(C)C)CC(C)C.[Cl-]. The van der Waals surface area contributed by atoms with Crippen LogP contribution in [0.15, 0.2) is 0 Å². The summed E-state index contributed by atoms with van der Waals surface area (Å²) in [6.45, 7) is 24.3. The van der Waals surface area contributed by atoms with Crippen molar-refractivity contribution in [1.29, 1.82) is 0 Å². The smallest absolute Gasteiger partial charge is 0.0810 e. The predicted molar refractivity (Wildman–Crippen MR) is 79.1 cm³/mol. The average Bonchev–Trinajstić information content (AvgIpc) is 1.95. The van der Waals surface area contributed by atoms with Crippen LogP contribution in [0.25, 0.3) is 0 Å². The Bertz CT molecular complexity index is 152. The van der Waals surface area contributed by atoms with Gasteiger partial charge in [0.1, 0.15) is 0 Å². The van der Waals surface area contributed by atoms with Gasteiger partial charge in [-0.05, 0) is 0 Å². The topological polar surface area (TPSA) is 0 Å². The van der Waals surface area contributed by atoms with E-state index in [-0.39, 0.29) is 12.4 Å². The van der Waals surface area contributed by atoms with Gasteiger partial charge in [0.2, 0.25) is 0 Å². The fourth-order valence-corrected chi connectivity index (χ4v) is 3.55. The van der Waals surface area contributed by atoms with E-state index in [9.17, 15) is 0 Å². The highest BCUT2D eigenvalue weighted by Gasteiger charge is 2.31. The lowest BCUT2D eigenvalue weighted by Gasteiger charge is -2.44. The Morgan fingerprint density at radius 2 is 0.667 bits per heavy atom. The molecule has 0 rings (SSSR count). The standard InChI is InChI=1S/C16H36N.ClH/c1-13(2)9-17(10-14(3)4,11-15(5)6)12-16(7)8;/h13-16H,9-12H2,1-8H3;1H/q+1;/p-1. The molecule has 0 N–H and O–H groups in total. The average molecular weight is 278 g/mol. The third-order valence-electron chi connectivity index (χ3n) is 3.01. The van der Waals surface area contributed by atoms with E-state index < -0.39 is 0 Å². The summed E-state index contributed by atoms with van der Waals surface area (Å²) in [5.41, 5.74) is 0. The van der Waals surface area contributed by atoms with Crippen LogP contribution in [-0.4, -0.2) is 30.7 Å². The largest absolute Gasteiger partial charge is 1.00 e. The molecule has 0 aromatic heterocycles. The van der Waals surface area contributed by atoms with Crippen molar-refractivity contribution in [2.45, 2.75) is 55.4 Å². The Labute approximate surface area is 122 Å². The van der Waals surface area contributed by atoms with Gasteiger partial charge in [-0.25, -0.2) is 0 Å². The van der Waals surface area contributed by atoms with Gasteiger partial charge in [-0.1, -0.05) is 55.4 Å². The zero-order chi connectivity index (χ0) is 13.6. The van der Waals surface area contributed by atoms with Crippen molar-refractivity contribution in [2.75, 3.05) is 26.2 Å². The monoisotopic (exact) mass is 277 g/mol. The number of hydrogen-bond donors (Lipinski definition) is 0. The third-order valence-corrected chi connectivity index (χ3v) is 3.01. The summed E-state index contributed by atoms with van der Waals surface area (Å²) in [4.78, 5) is 0. The molecule has 0 aliphatic heterocycles. The summed E-state index contributed by atoms with van der Waals surface area (Å²) in [5, 5.41) is 0. The fraction of sp³-hybridized carbons (Fsp3) is 1.00. The highest BCUT2D eigenvalue weighted by atomic mass is 35.5. The molecule has 0 radical (unpaired) electrons. The van der Waals surface area contributed by atoms with Gasteiger partial charge in [0, 0.05) is 23.7 Å². The summed E-state index contributed by atoms with van der Waals surface area (Å²) < 4.78 is 1.32. The van der Waals surface area contributed by atoms with E-state index in [0.717, 1.165) is 23.7 Å². The first-order valence-corrected chi connectivity index (χ1v) is 7.52. The maximum atomic E-state index is 2.37. The normalized spacial score (nSPS) is 12.7. The summed E-state index contributed by atoms with van der Waals surface area (Å²) in [7, 11) is 0. The highest BCUT2D eigenvalue weighted by molar-refractivity contribution is 4.57. The Morgan fingerprint density at radius 1 is 0.500 bits per heavy atom. The van der Waals surface area contributed by atoms with Crippen LogP contribution in [0, 0.1) is 23.7 Å². The Balaban J connectivity index is 0. The number of quaternary nitrogens is 1. The van der Waals surface area contributed by atoms with Gasteiger partial charge in [0.05, 0.1) is 26.2 Å². The minimum absolute atomic E-state index is 0. The zero-order valence-corrected chi connectivity index (χ0v) is 14.7. The quantitative estimate of drug-likeness (QED) is 0.589. The highest BCUT2D eigenvalue weighted by Crippen LogP contribution is 2.21. The molecule has 112 valence electrons. The second-order valence-corrected chi connectivity index (χ2v) is 7.65. The minimum Gasteiger partial charge on any atom is -1.00 e. The summed E-state index contributed by atoms with van der Waals surface area (Å²) in [5.74, 6) is 3.19. The van der Waals surface area contributed by atoms with Crippen LogP contribution in [0.2, 0.25) is 0 Å². The van der Waals surface area contributed by atoms with Crippen LogP contribution in [0.3, 0.4) is 0 Å². The molecule has 0 spiro atoms. The van der Waals surface area contributed by atoms with E-state index in [1.165, 1.54) is 30.7 Å². The molecule has 1 nitrogen and oxygen atoms in total. The maximum absolute atomic E-state index is 2.37. The van der Waals surface area contributed by atoms with Gasteiger partial charge < -0.3 is 16.9 Å². The Kier molecular flexibility index (Phi) is 10.5. The lowest BCUT2D eigenvalue weighted by Crippen LogP contribution is -3.00. The van der Waals surface area contributed by atoms with Crippen molar-refractivity contribution in [3.05, 3.63) is 0 Å². The Morgan fingerprint density at radius 3 is 0.778 bits per heavy atom. The fourth-order valence-electron chi connectivity index (χ4n) is 3.55. The van der Waals surface area contributed by atoms with Gasteiger partial charge in [-0.2, -0.15) is 0 Å². The van der Waals surface area contributed by atoms with Crippen molar-refractivity contribution < 1.29 is 16.9 Å². The first kappa shape index (κ1) is 20.6. The summed E-state index contributed by atoms with van der Waals surface area (Å²) >= 11 is 0. The van der Waals surface area contributed by atoms with Crippen LogP contribution in [-0.2, 0) is 0 Å². The van der Waals surface area contributed by atoms with E-state index in [2.05, 4.69) is 55.4 Å². The van der Waals surface area contributed by atoms with Crippen LogP contribution in [0.1, 0.15) is 55.4 Å². The number of rotatable bonds is 8. The number of nitrogens with zero attached hydrogens (tertiary/aromatic N) is 1. The first-order chi connectivity index (χ1) is 7.67. The first-order valence-electron chi connectivity index (χ1n) is 7.52. The molecule has 0 aromatic carbocycles. The molecule has 0 saturated carbocycles. The van der Waals surface area contributed by atoms with Crippen molar-refractivity contribution in [3.63, 3.8) is 0 Å². The number of hydrogen-bond acceptors (Lipinski definition) is 0. The molecule has 0 aliphatic carbocycles. The minimum atomic E-state index is 0. The molecule has 0 aliphatic rings. The van der Waals surface area contributed by atoms with Gasteiger partial charge in [0.25, 0.3) is 0 Å². The molecule has 0 amide bonds. The molecule has 18 heavy (non-hydrogen) atoms. The third kappa shape index (κ3) is 9.22. The van der Waals surface area contributed by atoms with Crippen molar-refractivity contribution in [3.8, 4) is 0 Å². The van der Waals surface area contributed by atoms with Crippen LogP contribution in [0.5, 0.6) is 0 Å². The van der Waals surface area contributed by atoms with Crippen LogP contribution < -0.4 is 12.4 Å². The summed E-state index contributed by atoms with van der Waals surface area (Å²) in [6, 6.07) is 0. The van der Waals surface area contributed by atoms with E-state index >= 15 is 0 Å². The van der Waals surface area contributed by atoms with Crippen LogP contribution in [0.4, 0.5) is 0 Å². The van der Waals surface area contributed by atoms with Gasteiger partial charge in [0.15, 0.2) is 0 Å². The maximum Gasteiger partial charge on any atom is 0.0810 e. The van der Waals surface area contributed by atoms with Crippen molar-refractivity contribution in [2.24, 2.45) is 23.7 Å². The summed E-state index contributed by atoms with van der Waals surface area (Å²) in [6.07, 6.45) is 0. The zero-order valence-electron chi connectivity index (χ0n) is 14.0. The second kappa shape index (κ2) is 9.20. The van der Waals surface area contributed by atoms with Crippen LogP contribution >= 0.6 is 0 Å². The molecule has 0 atom stereocenters.